The van der Waals surface area contributed by atoms with Gasteiger partial charge in [0.2, 0.25) is 5.91 Å². The summed E-state index contributed by atoms with van der Waals surface area (Å²) in [5.74, 6) is 0.244. The van der Waals surface area contributed by atoms with E-state index in [0.717, 1.165) is 32.7 Å². The van der Waals surface area contributed by atoms with Gasteiger partial charge in [0.1, 0.15) is 0 Å². The van der Waals surface area contributed by atoms with Crippen molar-refractivity contribution in [1.82, 2.24) is 5.43 Å². The van der Waals surface area contributed by atoms with E-state index in [1.165, 1.54) is 23.9 Å². The van der Waals surface area contributed by atoms with Crippen molar-refractivity contribution in [2.24, 2.45) is 5.10 Å². The summed E-state index contributed by atoms with van der Waals surface area (Å²) >= 11 is 0. The van der Waals surface area contributed by atoms with Crippen molar-refractivity contribution in [3.8, 4) is 11.5 Å². The first-order chi connectivity index (χ1) is 13.7. The van der Waals surface area contributed by atoms with E-state index in [9.17, 15) is 9.90 Å². The van der Waals surface area contributed by atoms with Gasteiger partial charge in [-0.1, -0.05) is 24.3 Å². The van der Waals surface area contributed by atoms with E-state index in [-0.39, 0.29) is 11.7 Å². The average molecular weight is 383 g/mol. The molecule has 3 rings (SSSR count). The second-order valence-corrected chi connectivity index (χ2v) is 6.76. The second kappa shape index (κ2) is 9.75. The number of hydrogen-bond donors (Lipinski definition) is 3. The number of piperazine rings is 1. The third kappa shape index (κ3) is 5.23. The third-order valence-corrected chi connectivity index (χ3v) is 4.94. The highest BCUT2D eigenvalue weighted by Crippen LogP contribution is 2.27. The number of anilines is 1. The predicted molar refractivity (Wildman–Crippen MR) is 109 cm³/mol. The number of para-hydroxylation sites is 2. The minimum Gasteiger partial charge on any atom is -0.504 e. The maximum absolute atomic E-state index is 12.0. The Labute approximate surface area is 165 Å². The van der Waals surface area contributed by atoms with Gasteiger partial charge in [0.05, 0.1) is 52.5 Å². The molecule has 7 heteroatoms. The van der Waals surface area contributed by atoms with Crippen LogP contribution in [0.3, 0.4) is 0 Å². The molecular weight excluding hydrogens is 356 g/mol. The molecule has 28 heavy (non-hydrogen) atoms. The molecule has 0 atom stereocenters. The Hall–Kier alpha value is -3.06. The Morgan fingerprint density at radius 2 is 1.96 bits per heavy atom. The van der Waals surface area contributed by atoms with Crippen LogP contribution >= 0.6 is 0 Å². The van der Waals surface area contributed by atoms with Gasteiger partial charge in [0.15, 0.2) is 11.5 Å². The zero-order valence-electron chi connectivity index (χ0n) is 16.1. The van der Waals surface area contributed by atoms with E-state index in [1.54, 1.807) is 18.2 Å². The van der Waals surface area contributed by atoms with E-state index in [0.29, 0.717) is 17.7 Å². The summed E-state index contributed by atoms with van der Waals surface area (Å²) in [4.78, 5) is 15.8. The molecule has 0 aliphatic carbocycles. The smallest absolute Gasteiger partial charge is 0.245 e. The number of phenols is 1. The Morgan fingerprint density at radius 3 is 2.68 bits per heavy atom. The number of carbonyl (C=O) groups excluding carboxylic acids is 1. The summed E-state index contributed by atoms with van der Waals surface area (Å²) in [7, 11) is 1.49. The highest BCUT2D eigenvalue weighted by atomic mass is 16.5. The van der Waals surface area contributed by atoms with E-state index >= 15 is 0 Å². The summed E-state index contributed by atoms with van der Waals surface area (Å²) in [6, 6.07) is 15.5. The molecule has 1 aliphatic heterocycles. The molecule has 2 aromatic rings. The van der Waals surface area contributed by atoms with Crippen LogP contribution in [-0.2, 0) is 4.79 Å². The lowest BCUT2D eigenvalue weighted by Crippen LogP contribution is -3.15. The number of ether oxygens (including phenoxy) is 1. The second-order valence-electron chi connectivity index (χ2n) is 6.76. The topological polar surface area (TPSA) is 78.6 Å². The van der Waals surface area contributed by atoms with Crippen molar-refractivity contribution in [2.45, 2.75) is 6.42 Å². The molecular formula is C21H27N4O3+. The van der Waals surface area contributed by atoms with Crippen molar-refractivity contribution < 1.29 is 19.5 Å². The molecule has 0 saturated carbocycles. The van der Waals surface area contributed by atoms with Crippen molar-refractivity contribution in [3.63, 3.8) is 0 Å². The molecule has 7 nitrogen and oxygen atoms in total. The lowest BCUT2D eigenvalue weighted by molar-refractivity contribution is -0.900. The van der Waals surface area contributed by atoms with Gasteiger partial charge >= 0.3 is 0 Å². The average Bonchev–Trinajstić information content (AvgIpc) is 2.74. The van der Waals surface area contributed by atoms with Gasteiger partial charge in [-0.25, -0.2) is 5.43 Å². The fourth-order valence-electron chi connectivity index (χ4n) is 3.30. The van der Waals surface area contributed by atoms with Gasteiger partial charge in [-0.2, -0.15) is 5.10 Å². The minimum absolute atomic E-state index is 0.00345. The quantitative estimate of drug-likeness (QED) is 0.485. The molecule has 0 radical (unpaired) electrons. The Bertz CT molecular complexity index is 803. The normalized spacial score (nSPS) is 15.0. The Balaban J connectivity index is 1.39. The Morgan fingerprint density at radius 1 is 1.21 bits per heavy atom. The molecule has 1 heterocycles. The van der Waals surface area contributed by atoms with Gasteiger partial charge in [-0.05, 0) is 24.3 Å². The van der Waals surface area contributed by atoms with Crippen LogP contribution < -0.4 is 20.0 Å². The van der Waals surface area contributed by atoms with Gasteiger partial charge < -0.3 is 19.6 Å². The number of rotatable bonds is 7. The van der Waals surface area contributed by atoms with E-state index in [2.05, 4.69) is 39.7 Å². The zero-order valence-corrected chi connectivity index (χ0v) is 16.1. The van der Waals surface area contributed by atoms with E-state index in [1.807, 2.05) is 6.07 Å². The minimum atomic E-state index is -0.128. The first-order valence-corrected chi connectivity index (χ1v) is 9.49. The number of amides is 1. The number of phenolic OH excluding ortho intramolecular Hbond substituents is 1. The van der Waals surface area contributed by atoms with Crippen LogP contribution in [0.5, 0.6) is 11.5 Å². The summed E-state index contributed by atoms with van der Waals surface area (Å²) in [5, 5.41) is 13.9. The predicted octanol–water partition coefficient (Wildman–Crippen LogP) is 0.646. The van der Waals surface area contributed by atoms with Crippen LogP contribution in [0.2, 0.25) is 0 Å². The van der Waals surface area contributed by atoms with Gasteiger partial charge in [-0.15, -0.1) is 0 Å². The summed E-state index contributed by atoms with van der Waals surface area (Å²) in [5.41, 5.74) is 4.27. The van der Waals surface area contributed by atoms with Crippen molar-refractivity contribution in [2.75, 3.05) is 44.7 Å². The lowest BCUT2D eigenvalue weighted by Gasteiger charge is -2.33. The molecule has 1 fully saturated rings. The molecule has 3 N–H and O–H groups in total. The van der Waals surface area contributed by atoms with E-state index in [4.69, 9.17) is 4.74 Å². The maximum Gasteiger partial charge on any atom is 0.245 e. The van der Waals surface area contributed by atoms with Crippen molar-refractivity contribution in [3.05, 3.63) is 54.1 Å². The highest BCUT2D eigenvalue weighted by Gasteiger charge is 2.20. The van der Waals surface area contributed by atoms with Crippen molar-refractivity contribution in [1.29, 1.82) is 0 Å². The largest absolute Gasteiger partial charge is 0.504 e. The first kappa shape index (κ1) is 19.7. The highest BCUT2D eigenvalue weighted by molar-refractivity contribution is 5.86. The number of carbonyl (C=O) groups is 1. The molecule has 148 valence electrons. The number of methoxy groups -OCH3 is 1. The molecule has 0 bridgehead atoms. The summed E-state index contributed by atoms with van der Waals surface area (Å²) < 4.78 is 5.05. The number of nitrogens with one attached hydrogen (secondary N) is 2. The fraction of sp³-hybridized carbons (Fsp3) is 0.333. The number of quaternary nitrogens is 1. The molecule has 1 aliphatic rings. The molecule has 1 amide bonds. The van der Waals surface area contributed by atoms with Crippen LogP contribution in [-0.4, -0.2) is 57.1 Å². The molecule has 2 aromatic carbocycles. The maximum atomic E-state index is 12.0. The van der Waals surface area contributed by atoms with Crippen molar-refractivity contribution >= 4 is 17.8 Å². The van der Waals surface area contributed by atoms with Gasteiger partial charge in [-0.3, -0.25) is 4.79 Å². The molecule has 0 unspecified atom stereocenters. The number of hydrogen-bond acceptors (Lipinski definition) is 5. The zero-order chi connectivity index (χ0) is 19.8. The third-order valence-electron chi connectivity index (χ3n) is 4.94. The Kier molecular flexibility index (Phi) is 6.86. The lowest BCUT2D eigenvalue weighted by atomic mass is 10.2. The molecule has 0 spiro atoms. The van der Waals surface area contributed by atoms with Crippen LogP contribution in [0, 0.1) is 0 Å². The van der Waals surface area contributed by atoms with Crippen LogP contribution in [0.25, 0.3) is 0 Å². The number of aromatic hydroxyl groups is 1. The first-order valence-electron chi connectivity index (χ1n) is 9.49. The molecule has 1 saturated heterocycles. The van der Waals surface area contributed by atoms with E-state index < -0.39 is 0 Å². The summed E-state index contributed by atoms with van der Waals surface area (Å²) in [6.45, 7) is 4.81. The van der Waals surface area contributed by atoms with Gasteiger partial charge in [0, 0.05) is 11.3 Å². The van der Waals surface area contributed by atoms with Gasteiger partial charge in [0.25, 0.3) is 0 Å². The monoisotopic (exact) mass is 383 g/mol. The number of benzene rings is 2. The van der Waals surface area contributed by atoms with Crippen LogP contribution in [0.1, 0.15) is 12.0 Å². The molecule has 0 aromatic heterocycles. The SMILES string of the molecule is COc1cccc(/C=N/NC(=O)CC[NH+]2CCN(c3ccccc3)CC2)c1O. The number of nitrogens with zero attached hydrogens (tertiary/aromatic N) is 2. The fourth-order valence-corrected chi connectivity index (χ4v) is 3.30. The summed E-state index contributed by atoms with van der Waals surface area (Å²) in [6.07, 6.45) is 1.84. The number of hydrazone groups is 1. The van der Waals surface area contributed by atoms with Crippen LogP contribution in [0.4, 0.5) is 5.69 Å². The standard InChI is InChI=1S/C21H26N4O3/c1-28-19-9-5-6-17(21(19)27)16-22-23-20(26)10-11-24-12-14-25(15-13-24)18-7-3-2-4-8-18/h2-9,16,27H,10-15H2,1H3,(H,23,26)/p+1/b22-16+. The van der Waals surface area contributed by atoms with Crippen LogP contribution in [0.15, 0.2) is 53.6 Å².